The van der Waals surface area contributed by atoms with Gasteiger partial charge in [-0.1, -0.05) is 52.9 Å². The number of likely N-dealkylation sites (tertiary alicyclic amines) is 1. The lowest BCUT2D eigenvalue weighted by Crippen LogP contribution is -2.65. The van der Waals surface area contributed by atoms with Crippen molar-refractivity contribution in [3.8, 4) is 0 Å². The highest BCUT2D eigenvalue weighted by Crippen LogP contribution is 2.38. The van der Waals surface area contributed by atoms with E-state index in [9.17, 15) is 32.4 Å². The standard InChI is InChI=1S/C34H56N6O7S/c1-21(48(46,47)39(5)24-15-16-24)34(17-7-6-8-18-34)38-32(45)37-28(33(2,3)4)31(44)40-19-9-10-26(40)29(42)36-25(20-22-11-12-22)27(41)30(43)35-23-13-14-23/h21-26,28H,6-20H2,1-5H3,(H,35,43)(H,36,42)(H2,37,38,45)/t21-,25+,26+,28-/m1/s1. The normalized spacial score (nSPS) is 24.7. The van der Waals surface area contributed by atoms with E-state index in [1.165, 1.54) is 9.21 Å². The lowest BCUT2D eigenvalue weighted by molar-refractivity contribution is -0.144. The van der Waals surface area contributed by atoms with Gasteiger partial charge in [0.05, 0.1) is 16.8 Å². The van der Waals surface area contributed by atoms with Crippen LogP contribution in [-0.2, 0) is 29.2 Å². The predicted octanol–water partition coefficient (Wildman–Crippen LogP) is 2.34. The minimum Gasteiger partial charge on any atom is -0.347 e. The Balaban J connectivity index is 1.28. The monoisotopic (exact) mass is 692 g/mol. The molecular weight excluding hydrogens is 636 g/mol. The summed E-state index contributed by atoms with van der Waals surface area (Å²) in [5.74, 6) is -1.95. The number of nitrogens with one attached hydrogen (secondary N) is 4. The second kappa shape index (κ2) is 14.2. The van der Waals surface area contributed by atoms with Gasteiger partial charge in [-0.15, -0.1) is 0 Å². The number of hydrogen-bond donors (Lipinski definition) is 4. The van der Waals surface area contributed by atoms with E-state index < -0.39 is 73.9 Å². The third-order valence-electron chi connectivity index (χ3n) is 11.1. The van der Waals surface area contributed by atoms with E-state index in [-0.39, 0.29) is 18.0 Å². The molecule has 0 bridgehead atoms. The van der Waals surface area contributed by atoms with Gasteiger partial charge in [0.2, 0.25) is 27.6 Å². The first kappa shape index (κ1) is 36.5. The molecule has 5 amide bonds. The van der Waals surface area contributed by atoms with Gasteiger partial charge in [-0.25, -0.2) is 17.5 Å². The van der Waals surface area contributed by atoms with Crippen molar-refractivity contribution in [2.45, 2.75) is 159 Å². The zero-order chi connectivity index (χ0) is 35.0. The van der Waals surface area contributed by atoms with Crippen LogP contribution in [0.5, 0.6) is 0 Å². The van der Waals surface area contributed by atoms with Crippen LogP contribution in [0.3, 0.4) is 0 Å². The Labute approximate surface area is 285 Å². The van der Waals surface area contributed by atoms with Crippen molar-refractivity contribution in [1.29, 1.82) is 0 Å². The molecular formula is C34H56N6O7S. The second-order valence-corrected chi connectivity index (χ2v) is 18.4. The predicted molar refractivity (Wildman–Crippen MR) is 180 cm³/mol. The molecule has 4 atom stereocenters. The first-order valence-corrected chi connectivity index (χ1v) is 19.5. The van der Waals surface area contributed by atoms with Gasteiger partial charge in [0, 0.05) is 25.7 Å². The van der Waals surface area contributed by atoms with Crippen molar-refractivity contribution in [2.24, 2.45) is 11.3 Å². The summed E-state index contributed by atoms with van der Waals surface area (Å²) in [6, 6.07) is -3.40. The van der Waals surface area contributed by atoms with Gasteiger partial charge in [0.15, 0.2) is 0 Å². The van der Waals surface area contributed by atoms with E-state index in [4.69, 9.17) is 0 Å². The fraction of sp³-hybridized carbons (Fsp3) is 0.853. The molecule has 0 aromatic carbocycles. The molecule has 4 aliphatic carbocycles. The Morgan fingerprint density at radius 3 is 2.10 bits per heavy atom. The second-order valence-electron chi connectivity index (χ2n) is 16.1. The number of ketones is 1. The van der Waals surface area contributed by atoms with E-state index in [2.05, 4.69) is 21.3 Å². The molecule has 4 N–H and O–H groups in total. The molecule has 0 aromatic heterocycles. The van der Waals surface area contributed by atoms with Gasteiger partial charge in [-0.05, 0) is 76.0 Å². The molecule has 4 saturated carbocycles. The maximum atomic E-state index is 14.2. The fourth-order valence-electron chi connectivity index (χ4n) is 7.34. The van der Waals surface area contributed by atoms with Crippen LogP contribution in [0, 0.1) is 11.3 Å². The number of hydrogen-bond acceptors (Lipinski definition) is 7. The molecule has 0 unspecified atom stereocenters. The maximum Gasteiger partial charge on any atom is 0.315 e. The summed E-state index contributed by atoms with van der Waals surface area (Å²) in [4.78, 5) is 68.8. The van der Waals surface area contributed by atoms with Crippen LogP contribution >= 0.6 is 0 Å². The molecule has 0 spiro atoms. The molecule has 5 rings (SSSR count). The summed E-state index contributed by atoms with van der Waals surface area (Å²) < 4.78 is 28.7. The Morgan fingerprint density at radius 2 is 1.54 bits per heavy atom. The van der Waals surface area contributed by atoms with Crippen LogP contribution in [0.15, 0.2) is 0 Å². The van der Waals surface area contributed by atoms with Gasteiger partial charge in [0.1, 0.15) is 12.1 Å². The number of urea groups is 1. The molecule has 1 aliphatic heterocycles. The van der Waals surface area contributed by atoms with Crippen LogP contribution in [0.2, 0.25) is 0 Å². The lowest BCUT2D eigenvalue weighted by Gasteiger charge is -2.44. The van der Waals surface area contributed by atoms with Gasteiger partial charge >= 0.3 is 6.03 Å². The van der Waals surface area contributed by atoms with Gasteiger partial charge in [-0.3, -0.25) is 19.2 Å². The quantitative estimate of drug-likeness (QED) is 0.202. The number of carbonyl (C=O) groups is 5. The Bertz CT molecular complexity index is 1360. The highest BCUT2D eigenvalue weighted by molar-refractivity contribution is 7.89. The maximum absolute atomic E-state index is 14.2. The summed E-state index contributed by atoms with van der Waals surface area (Å²) in [6.07, 6.45) is 10.2. The van der Waals surface area contributed by atoms with Crippen molar-refractivity contribution in [3.63, 3.8) is 0 Å². The number of carbonyl (C=O) groups excluding carboxylic acids is 5. The number of rotatable bonds is 14. The summed E-state index contributed by atoms with van der Waals surface area (Å²) >= 11 is 0. The SMILES string of the molecule is C[C@H](C1(NC(=O)N[C@H](C(=O)N2CCC[C@H]2C(=O)N[C@@H](CC2CC2)C(=O)C(=O)NC2CC2)C(C)(C)C)CCCCC1)S(=O)(=O)N(C)C1CC1. The van der Waals surface area contributed by atoms with Crippen LogP contribution in [-0.4, -0.2) is 102 Å². The average Bonchev–Trinajstić information content (AvgIpc) is 3.91. The van der Waals surface area contributed by atoms with Crippen molar-refractivity contribution >= 4 is 39.6 Å². The fourth-order valence-corrected chi connectivity index (χ4v) is 9.33. The molecule has 13 nitrogen and oxygen atoms in total. The molecule has 5 fully saturated rings. The lowest BCUT2D eigenvalue weighted by atomic mass is 9.79. The zero-order valence-corrected chi connectivity index (χ0v) is 30.1. The molecule has 48 heavy (non-hydrogen) atoms. The molecule has 5 aliphatic rings. The van der Waals surface area contributed by atoms with Crippen molar-refractivity contribution in [3.05, 3.63) is 0 Å². The van der Waals surface area contributed by atoms with Crippen LogP contribution in [0.25, 0.3) is 0 Å². The minimum absolute atomic E-state index is 0.00224. The van der Waals surface area contributed by atoms with E-state index in [0.29, 0.717) is 38.6 Å². The third kappa shape index (κ3) is 8.51. The van der Waals surface area contributed by atoms with Crippen LogP contribution in [0.4, 0.5) is 4.79 Å². The molecule has 14 heteroatoms. The Morgan fingerprint density at radius 1 is 0.896 bits per heavy atom. The summed E-state index contributed by atoms with van der Waals surface area (Å²) in [5, 5.41) is 10.6. The van der Waals surface area contributed by atoms with Crippen molar-refractivity contribution in [2.75, 3.05) is 13.6 Å². The van der Waals surface area contributed by atoms with Crippen molar-refractivity contribution < 1.29 is 32.4 Å². The van der Waals surface area contributed by atoms with Crippen LogP contribution < -0.4 is 21.3 Å². The summed E-state index contributed by atoms with van der Waals surface area (Å²) in [5.41, 5.74) is -1.73. The molecule has 1 saturated heterocycles. The summed E-state index contributed by atoms with van der Waals surface area (Å²) in [7, 11) is -2.07. The molecule has 1 heterocycles. The van der Waals surface area contributed by atoms with Gasteiger partial charge in [-0.2, -0.15) is 0 Å². The summed E-state index contributed by atoms with van der Waals surface area (Å²) in [6.45, 7) is 7.48. The van der Waals surface area contributed by atoms with Gasteiger partial charge in [0.25, 0.3) is 5.91 Å². The van der Waals surface area contributed by atoms with E-state index >= 15 is 0 Å². The molecule has 270 valence electrons. The number of Topliss-reactive ketones (excluding diaryl/α,β-unsaturated/α-hetero) is 1. The first-order valence-electron chi connectivity index (χ1n) is 18.0. The minimum atomic E-state index is -3.69. The number of nitrogens with zero attached hydrogens (tertiary/aromatic N) is 2. The molecule has 0 aromatic rings. The van der Waals surface area contributed by atoms with E-state index in [1.807, 2.05) is 20.8 Å². The largest absolute Gasteiger partial charge is 0.347 e. The van der Waals surface area contributed by atoms with Crippen LogP contribution in [0.1, 0.15) is 118 Å². The smallest absolute Gasteiger partial charge is 0.315 e. The number of sulfonamides is 1. The first-order chi connectivity index (χ1) is 22.5. The van der Waals surface area contributed by atoms with Crippen molar-refractivity contribution in [1.82, 2.24) is 30.5 Å². The van der Waals surface area contributed by atoms with Gasteiger partial charge < -0.3 is 26.2 Å². The highest BCUT2D eigenvalue weighted by atomic mass is 32.2. The Kier molecular flexibility index (Phi) is 10.8. The zero-order valence-electron chi connectivity index (χ0n) is 29.3. The topological polar surface area (TPSA) is 174 Å². The Hall–Kier alpha value is -2.74. The van der Waals surface area contributed by atoms with E-state index in [0.717, 1.165) is 57.8 Å². The average molecular weight is 693 g/mol. The third-order valence-corrected chi connectivity index (χ3v) is 13.5. The number of amides is 5. The molecule has 0 radical (unpaired) electrons. The van der Waals surface area contributed by atoms with E-state index in [1.54, 1.807) is 14.0 Å². The highest BCUT2D eigenvalue weighted by Gasteiger charge is 2.50.